The van der Waals surface area contributed by atoms with E-state index >= 15 is 0 Å². The number of nitrogens with two attached hydrogens (primary N) is 1. The quantitative estimate of drug-likeness (QED) is 0.711. The van der Waals surface area contributed by atoms with Crippen molar-refractivity contribution in [1.82, 2.24) is 4.98 Å². The molecule has 3 nitrogen and oxygen atoms in total. The average Bonchev–Trinajstić information content (AvgIpc) is 1.91. The zero-order chi connectivity index (χ0) is 7.82. The van der Waals surface area contributed by atoms with Gasteiger partial charge in [0.05, 0.1) is 23.7 Å². The molecule has 0 bridgehead atoms. The van der Waals surface area contributed by atoms with Gasteiger partial charge in [-0.15, -0.1) is 0 Å². The summed E-state index contributed by atoms with van der Waals surface area (Å²) in [4.78, 5) is 3.76. The molecule has 64 valence electrons. The molecule has 0 saturated heterocycles. The molecule has 0 radical (unpaired) electrons. The number of anilines is 1. The van der Waals surface area contributed by atoms with E-state index in [9.17, 15) is 0 Å². The number of aromatic nitrogens is 1. The first-order chi connectivity index (χ1) is 4.81. The van der Waals surface area contributed by atoms with Gasteiger partial charge in [0.15, 0.2) is 0 Å². The van der Waals surface area contributed by atoms with E-state index in [2.05, 4.69) is 32.6 Å². The van der Waals surface area contributed by atoms with Crippen molar-refractivity contribution in [2.75, 3.05) is 5.73 Å². The van der Waals surface area contributed by atoms with Crippen LogP contribution in [-0.4, -0.2) is 22.1 Å². The van der Waals surface area contributed by atoms with Crippen molar-refractivity contribution in [3.63, 3.8) is 0 Å². The van der Waals surface area contributed by atoms with Gasteiger partial charge in [-0.1, -0.05) is 6.07 Å². The van der Waals surface area contributed by atoms with Crippen LogP contribution in [0.15, 0.2) is 24.4 Å². The summed E-state index contributed by atoms with van der Waals surface area (Å²) >= 11 is 8.53. The van der Waals surface area contributed by atoms with Crippen LogP contribution < -0.4 is 5.73 Å². The van der Waals surface area contributed by atoms with Crippen LogP contribution in [0.3, 0.4) is 0 Å². The Morgan fingerprint density at radius 3 is 2.09 bits per heavy atom. The van der Waals surface area contributed by atoms with Crippen molar-refractivity contribution >= 4 is 46.6 Å². The number of hydrogen-bond donors (Lipinski definition) is 1. The second-order valence-electron chi connectivity index (χ2n) is 1.31. The normalized spacial score (nSPS) is 7.09. The topological polar surface area (TPSA) is 48.1 Å². The van der Waals surface area contributed by atoms with E-state index in [1.54, 1.807) is 12.3 Å². The molecule has 6 heteroatoms. The summed E-state index contributed by atoms with van der Waals surface area (Å²) in [6.07, 6.45) is 1.66. The van der Waals surface area contributed by atoms with Crippen LogP contribution in [-0.2, 0) is 3.84 Å². The Bertz CT molecular complexity index is 164. The van der Waals surface area contributed by atoms with Crippen molar-refractivity contribution in [1.29, 1.82) is 0 Å². The fourth-order valence-corrected chi connectivity index (χ4v) is 0.376. The van der Waals surface area contributed by atoms with Crippen LogP contribution in [0.4, 0.5) is 5.82 Å². The molecule has 0 spiro atoms. The van der Waals surface area contributed by atoms with Crippen molar-refractivity contribution in [2.45, 2.75) is 0 Å². The van der Waals surface area contributed by atoms with E-state index in [4.69, 9.17) is 5.73 Å². The number of pyridine rings is 1. The predicted octanol–water partition coefficient (Wildman–Crippen LogP) is 1.06. The molecule has 0 aliphatic heterocycles. The van der Waals surface area contributed by atoms with Gasteiger partial charge in [-0.3, -0.25) is 0 Å². The molecule has 2 N–H and O–H groups in total. The number of halogens is 2. The molecule has 0 aliphatic rings. The van der Waals surface area contributed by atoms with Gasteiger partial charge < -0.3 is 5.73 Å². The van der Waals surface area contributed by atoms with E-state index in [1.165, 1.54) is 0 Å². The Kier molecular flexibility index (Phi) is 12.4. The SMILES string of the molecule is ClOCl.Nc1ccccn1.[SeH2]. The van der Waals surface area contributed by atoms with Gasteiger partial charge in [0.2, 0.25) is 0 Å². The van der Waals surface area contributed by atoms with Crippen LogP contribution in [0, 0.1) is 0 Å². The predicted molar refractivity (Wildman–Crippen MR) is 50.0 cm³/mol. The molecule has 0 aliphatic carbocycles. The molecule has 1 aromatic heterocycles. The van der Waals surface area contributed by atoms with Gasteiger partial charge in [0.25, 0.3) is 0 Å². The molecule has 11 heavy (non-hydrogen) atoms. The summed E-state index contributed by atoms with van der Waals surface area (Å²) in [6, 6.07) is 5.43. The van der Waals surface area contributed by atoms with Gasteiger partial charge in [-0.25, -0.2) is 4.98 Å². The first-order valence-electron chi connectivity index (χ1n) is 2.37. The monoisotopic (exact) mass is 262 g/mol. The maximum atomic E-state index is 5.25. The van der Waals surface area contributed by atoms with Crippen LogP contribution in [0.5, 0.6) is 0 Å². The fourth-order valence-electron chi connectivity index (χ4n) is 0.376. The Balaban J connectivity index is 0. The molecule has 0 fully saturated rings. The van der Waals surface area contributed by atoms with Crippen molar-refractivity contribution in [3.8, 4) is 0 Å². The maximum absolute atomic E-state index is 5.25. The van der Waals surface area contributed by atoms with Gasteiger partial charge in [-0.2, -0.15) is 3.84 Å². The third-order valence-electron chi connectivity index (χ3n) is 0.688. The molecule has 0 unspecified atom stereocenters. The Morgan fingerprint density at radius 2 is 1.91 bits per heavy atom. The molecule has 0 saturated carbocycles. The Morgan fingerprint density at radius 1 is 1.36 bits per heavy atom. The zero-order valence-corrected chi connectivity index (χ0v) is 9.11. The molecule has 0 atom stereocenters. The molecular formula is C5H8Cl2N2OSe. The van der Waals surface area contributed by atoms with E-state index in [-0.39, 0.29) is 17.1 Å². The third-order valence-corrected chi connectivity index (χ3v) is 0.688. The number of rotatable bonds is 0. The molecule has 1 aromatic rings. The first kappa shape index (κ1) is 13.6. The van der Waals surface area contributed by atoms with Gasteiger partial charge >= 0.3 is 17.1 Å². The van der Waals surface area contributed by atoms with Gasteiger partial charge in [-0.05, 0) is 12.1 Å². The fraction of sp³-hybridized carbons (Fsp3) is 0. The Labute approximate surface area is 85.7 Å². The second kappa shape index (κ2) is 10.0. The standard InChI is InChI=1S/C5H6N2.Cl2O.H2Se/c6-5-3-1-2-4-7-5;1-3-2;/h1-4H,(H2,6,7);;1H2. The minimum absolute atomic E-state index is 0. The van der Waals surface area contributed by atoms with Crippen LogP contribution in [0.1, 0.15) is 0 Å². The summed E-state index contributed by atoms with van der Waals surface area (Å²) in [6.45, 7) is 0. The summed E-state index contributed by atoms with van der Waals surface area (Å²) in [5.74, 6) is 0.572. The zero-order valence-electron chi connectivity index (χ0n) is 5.50. The average molecular weight is 262 g/mol. The van der Waals surface area contributed by atoms with Gasteiger partial charge in [0, 0.05) is 6.20 Å². The summed E-state index contributed by atoms with van der Waals surface area (Å²) in [5, 5.41) is 0. The summed E-state index contributed by atoms with van der Waals surface area (Å²) in [7, 11) is 0. The molecule has 1 heterocycles. The Hall–Kier alpha value is 0.00948. The molecule has 0 aromatic carbocycles. The number of nitrogen functional groups attached to an aromatic ring is 1. The van der Waals surface area contributed by atoms with Crippen LogP contribution in [0.25, 0.3) is 0 Å². The summed E-state index contributed by atoms with van der Waals surface area (Å²) in [5.41, 5.74) is 5.25. The number of hydrogen-bond acceptors (Lipinski definition) is 3. The van der Waals surface area contributed by atoms with Crippen LogP contribution >= 0.6 is 23.7 Å². The van der Waals surface area contributed by atoms with E-state index in [0.29, 0.717) is 5.82 Å². The minimum atomic E-state index is 0. The third kappa shape index (κ3) is 10.0. The van der Waals surface area contributed by atoms with E-state index in [0.717, 1.165) is 0 Å². The van der Waals surface area contributed by atoms with Crippen LogP contribution in [0.2, 0.25) is 0 Å². The molecular weight excluding hydrogens is 254 g/mol. The van der Waals surface area contributed by atoms with E-state index in [1.807, 2.05) is 12.1 Å². The van der Waals surface area contributed by atoms with Gasteiger partial charge in [0.1, 0.15) is 5.82 Å². The first-order valence-corrected chi connectivity index (χ1v) is 2.98. The second-order valence-corrected chi connectivity index (χ2v) is 1.78. The summed E-state index contributed by atoms with van der Waals surface area (Å²) < 4.78 is 3.19. The van der Waals surface area contributed by atoms with Crippen molar-refractivity contribution < 1.29 is 3.84 Å². The van der Waals surface area contributed by atoms with Crippen molar-refractivity contribution in [2.24, 2.45) is 0 Å². The molecule has 0 amide bonds. The van der Waals surface area contributed by atoms with E-state index < -0.39 is 0 Å². The molecule has 1 rings (SSSR count). The number of nitrogens with zero attached hydrogens (tertiary/aromatic N) is 1. The van der Waals surface area contributed by atoms with Crippen molar-refractivity contribution in [3.05, 3.63) is 24.4 Å².